The first kappa shape index (κ1) is 19.6. The summed E-state index contributed by atoms with van der Waals surface area (Å²) in [6, 6.07) is 19.8. The van der Waals surface area contributed by atoms with Crippen molar-refractivity contribution in [1.82, 2.24) is 9.78 Å². The molecule has 7 nitrogen and oxygen atoms in total. The lowest BCUT2D eigenvalue weighted by atomic mass is 10.1. The normalized spacial score (nSPS) is 10.8. The fourth-order valence-electron chi connectivity index (χ4n) is 2.59. The smallest absolute Gasteiger partial charge is 0.359 e. The Labute approximate surface area is 167 Å². The zero-order valence-electron chi connectivity index (χ0n) is 15.7. The molecule has 1 amide bonds. The van der Waals surface area contributed by atoms with E-state index >= 15 is 0 Å². The lowest BCUT2D eigenvalue weighted by Crippen LogP contribution is -2.13. The number of esters is 1. The SMILES string of the molecule is CCOC(=O)c1nn(-c2ccccc2)cc1/C=C(/C#N)C(=O)Nc1ccccc1. The first-order valence-electron chi connectivity index (χ1n) is 8.92. The average molecular weight is 386 g/mol. The molecule has 1 N–H and O–H groups in total. The van der Waals surface area contributed by atoms with E-state index in [2.05, 4.69) is 10.4 Å². The Morgan fingerprint density at radius 3 is 2.41 bits per heavy atom. The summed E-state index contributed by atoms with van der Waals surface area (Å²) in [5.74, 6) is -1.21. The number of para-hydroxylation sites is 2. The van der Waals surface area contributed by atoms with E-state index < -0.39 is 11.9 Å². The number of nitrogens with one attached hydrogen (secondary N) is 1. The molecule has 0 saturated heterocycles. The van der Waals surface area contributed by atoms with Gasteiger partial charge in [0.05, 0.1) is 12.3 Å². The summed E-state index contributed by atoms with van der Waals surface area (Å²) in [6.45, 7) is 1.87. The quantitative estimate of drug-likeness (QED) is 0.397. The maximum atomic E-state index is 12.5. The van der Waals surface area contributed by atoms with Crippen LogP contribution in [-0.2, 0) is 9.53 Å². The Kier molecular flexibility index (Phi) is 6.18. The predicted octanol–water partition coefficient (Wildman–Crippen LogP) is 3.59. The van der Waals surface area contributed by atoms with Crippen molar-refractivity contribution in [2.45, 2.75) is 6.92 Å². The number of amides is 1. The Balaban J connectivity index is 1.98. The predicted molar refractivity (Wildman–Crippen MR) is 108 cm³/mol. The molecule has 0 bridgehead atoms. The standard InChI is InChI=1S/C22H18N4O3/c1-2-29-22(28)20-17(15-26(25-20)19-11-7-4-8-12-19)13-16(14-23)21(27)24-18-9-5-3-6-10-18/h3-13,15H,2H2,1H3,(H,24,27)/b16-13-. The molecule has 7 heteroatoms. The van der Waals surface area contributed by atoms with Crippen LogP contribution < -0.4 is 5.32 Å². The lowest BCUT2D eigenvalue weighted by Gasteiger charge is -2.03. The summed E-state index contributed by atoms with van der Waals surface area (Å²) in [7, 11) is 0. The Morgan fingerprint density at radius 1 is 1.14 bits per heavy atom. The van der Waals surface area contributed by atoms with E-state index in [1.807, 2.05) is 42.5 Å². The number of nitrogens with zero attached hydrogens (tertiary/aromatic N) is 3. The highest BCUT2D eigenvalue weighted by Crippen LogP contribution is 2.18. The van der Waals surface area contributed by atoms with Crippen LogP contribution in [0.15, 0.2) is 72.4 Å². The third-order valence-corrected chi connectivity index (χ3v) is 3.93. The number of benzene rings is 2. The molecule has 0 spiro atoms. The number of carbonyl (C=O) groups excluding carboxylic acids is 2. The number of hydrogen-bond acceptors (Lipinski definition) is 5. The number of nitriles is 1. The number of carbonyl (C=O) groups is 2. The van der Waals surface area contributed by atoms with Crippen LogP contribution in [0.1, 0.15) is 23.0 Å². The van der Waals surface area contributed by atoms with Gasteiger partial charge in [-0.2, -0.15) is 10.4 Å². The molecular weight excluding hydrogens is 368 g/mol. The third kappa shape index (κ3) is 4.76. The van der Waals surface area contributed by atoms with Gasteiger partial charge in [-0.25, -0.2) is 9.48 Å². The van der Waals surface area contributed by atoms with Crippen LogP contribution in [0, 0.1) is 11.3 Å². The number of rotatable bonds is 6. The molecule has 3 rings (SSSR count). The molecule has 0 aliphatic rings. The van der Waals surface area contributed by atoms with Crippen molar-refractivity contribution < 1.29 is 14.3 Å². The largest absolute Gasteiger partial charge is 0.461 e. The van der Waals surface area contributed by atoms with Crippen molar-refractivity contribution in [3.63, 3.8) is 0 Å². The van der Waals surface area contributed by atoms with Crippen LogP contribution in [-0.4, -0.2) is 28.3 Å². The van der Waals surface area contributed by atoms with Gasteiger partial charge in [-0.15, -0.1) is 0 Å². The van der Waals surface area contributed by atoms with Crippen LogP contribution in [0.25, 0.3) is 11.8 Å². The van der Waals surface area contributed by atoms with Crippen LogP contribution in [0.4, 0.5) is 5.69 Å². The van der Waals surface area contributed by atoms with Crippen LogP contribution in [0.3, 0.4) is 0 Å². The Bertz CT molecular complexity index is 1080. The molecular formula is C22H18N4O3. The van der Waals surface area contributed by atoms with Gasteiger partial charge in [0.15, 0.2) is 5.69 Å². The van der Waals surface area contributed by atoms with Crippen molar-refractivity contribution in [3.8, 4) is 11.8 Å². The maximum absolute atomic E-state index is 12.5. The zero-order valence-corrected chi connectivity index (χ0v) is 15.7. The van der Waals surface area contributed by atoms with Crippen LogP contribution >= 0.6 is 0 Å². The second kappa shape index (κ2) is 9.15. The first-order chi connectivity index (χ1) is 14.1. The minimum Gasteiger partial charge on any atom is -0.461 e. The van der Waals surface area contributed by atoms with Crippen LogP contribution in [0.2, 0.25) is 0 Å². The molecule has 0 aliphatic heterocycles. The summed E-state index contributed by atoms with van der Waals surface area (Å²) in [4.78, 5) is 24.8. The van der Waals surface area contributed by atoms with Gasteiger partial charge in [0.25, 0.3) is 5.91 Å². The second-order valence-electron chi connectivity index (χ2n) is 5.92. The molecule has 144 valence electrons. The van der Waals surface area contributed by atoms with E-state index in [4.69, 9.17) is 4.74 Å². The van der Waals surface area contributed by atoms with Gasteiger partial charge in [-0.3, -0.25) is 4.79 Å². The highest BCUT2D eigenvalue weighted by Gasteiger charge is 2.19. The molecule has 0 unspecified atom stereocenters. The minimum absolute atomic E-state index is 0.0240. The summed E-state index contributed by atoms with van der Waals surface area (Å²) < 4.78 is 6.56. The fraction of sp³-hybridized carbons (Fsp3) is 0.0909. The highest BCUT2D eigenvalue weighted by atomic mass is 16.5. The van der Waals surface area contributed by atoms with Gasteiger partial charge in [0.2, 0.25) is 0 Å². The van der Waals surface area contributed by atoms with E-state index in [-0.39, 0.29) is 17.9 Å². The Morgan fingerprint density at radius 2 is 1.79 bits per heavy atom. The summed E-state index contributed by atoms with van der Waals surface area (Å²) >= 11 is 0. The summed E-state index contributed by atoms with van der Waals surface area (Å²) in [6.07, 6.45) is 2.91. The first-order valence-corrected chi connectivity index (χ1v) is 8.92. The molecule has 0 saturated carbocycles. The minimum atomic E-state index is -0.630. The van der Waals surface area contributed by atoms with Crippen LogP contribution in [0.5, 0.6) is 0 Å². The molecule has 1 aromatic heterocycles. The van der Waals surface area contributed by atoms with E-state index in [0.29, 0.717) is 11.3 Å². The zero-order chi connectivity index (χ0) is 20.6. The molecule has 0 radical (unpaired) electrons. The van der Waals surface area contributed by atoms with Crippen molar-refractivity contribution in [3.05, 3.63) is 83.7 Å². The Hall–Kier alpha value is -4.18. The van der Waals surface area contributed by atoms with Gasteiger partial charge in [-0.05, 0) is 37.3 Å². The lowest BCUT2D eigenvalue weighted by molar-refractivity contribution is -0.112. The molecule has 3 aromatic rings. The van der Waals surface area contributed by atoms with Gasteiger partial charge >= 0.3 is 5.97 Å². The average Bonchev–Trinajstić information content (AvgIpc) is 3.17. The van der Waals surface area contributed by atoms with Crippen molar-refractivity contribution >= 4 is 23.6 Å². The summed E-state index contributed by atoms with van der Waals surface area (Å²) in [5, 5.41) is 16.4. The van der Waals surface area contributed by atoms with Crippen molar-refractivity contribution in [1.29, 1.82) is 5.26 Å². The van der Waals surface area contributed by atoms with E-state index in [9.17, 15) is 14.9 Å². The number of aromatic nitrogens is 2. The molecule has 1 heterocycles. The van der Waals surface area contributed by atoms with E-state index in [0.717, 1.165) is 5.69 Å². The molecule has 0 aliphatic carbocycles. The van der Waals surface area contributed by atoms with Gasteiger partial charge in [-0.1, -0.05) is 36.4 Å². The number of ether oxygens (including phenoxy) is 1. The second-order valence-corrected chi connectivity index (χ2v) is 5.92. The molecule has 0 fully saturated rings. The summed E-state index contributed by atoms with van der Waals surface area (Å²) in [5.41, 5.74) is 1.46. The van der Waals surface area contributed by atoms with Gasteiger partial charge in [0.1, 0.15) is 11.6 Å². The van der Waals surface area contributed by atoms with Gasteiger partial charge < -0.3 is 10.1 Å². The van der Waals surface area contributed by atoms with Gasteiger partial charge in [0, 0.05) is 17.4 Å². The number of hydrogen-bond donors (Lipinski definition) is 1. The highest BCUT2D eigenvalue weighted by molar-refractivity contribution is 6.10. The number of anilines is 1. The van der Waals surface area contributed by atoms with Crippen molar-refractivity contribution in [2.24, 2.45) is 0 Å². The molecule has 2 aromatic carbocycles. The fourth-order valence-corrected chi connectivity index (χ4v) is 2.59. The molecule has 29 heavy (non-hydrogen) atoms. The maximum Gasteiger partial charge on any atom is 0.359 e. The van der Waals surface area contributed by atoms with E-state index in [1.54, 1.807) is 37.4 Å². The topological polar surface area (TPSA) is 97.0 Å². The monoisotopic (exact) mass is 386 g/mol. The van der Waals surface area contributed by atoms with Crippen molar-refractivity contribution in [2.75, 3.05) is 11.9 Å². The molecule has 0 atom stereocenters. The third-order valence-electron chi connectivity index (χ3n) is 3.93. The van der Waals surface area contributed by atoms with E-state index in [1.165, 1.54) is 10.8 Å².